The average Bonchev–Trinajstić information content (AvgIpc) is 2.04. The lowest BCUT2D eigenvalue weighted by molar-refractivity contribution is 0.599. The summed E-state index contributed by atoms with van der Waals surface area (Å²) in [5.74, 6) is 0. The van der Waals surface area contributed by atoms with Crippen molar-refractivity contribution in [2.45, 2.75) is 51.7 Å². The number of hydrogen-bond donors (Lipinski definition) is 0. The highest BCUT2D eigenvalue weighted by atomic mass is 28.3. The molecular weight excluding hydrogens is 172 g/mol. The minimum Gasteiger partial charge on any atom is -0.0950 e. The third-order valence-electron chi connectivity index (χ3n) is 2.42. The number of hydrogen-bond acceptors (Lipinski definition) is 0. The van der Waals surface area contributed by atoms with E-state index < -0.39 is 8.07 Å². The lowest BCUT2D eigenvalue weighted by atomic mass is 9.95. The first-order valence-electron chi connectivity index (χ1n) is 5.45. The topological polar surface area (TPSA) is 0 Å². The summed E-state index contributed by atoms with van der Waals surface area (Å²) in [5, 5.41) is 0. The van der Waals surface area contributed by atoms with Crippen LogP contribution in [-0.4, -0.2) is 8.07 Å². The first kappa shape index (κ1) is 10.8. The number of rotatable bonds is 2. The minimum absolute atomic E-state index is 0.967. The van der Waals surface area contributed by atoms with Crippen molar-refractivity contribution in [2.75, 3.05) is 0 Å². The third-order valence-corrected chi connectivity index (χ3v) is 3.62. The summed E-state index contributed by atoms with van der Waals surface area (Å²) in [6.45, 7) is 7.13. The molecule has 0 bridgehead atoms. The number of allylic oxidation sites excluding steroid dienone is 3. The van der Waals surface area contributed by atoms with E-state index in [0.717, 1.165) is 0 Å². The van der Waals surface area contributed by atoms with Gasteiger partial charge in [-0.25, -0.2) is 0 Å². The Morgan fingerprint density at radius 1 is 1.00 bits per heavy atom. The van der Waals surface area contributed by atoms with Crippen molar-refractivity contribution in [1.29, 1.82) is 0 Å². The van der Waals surface area contributed by atoms with E-state index in [9.17, 15) is 0 Å². The van der Waals surface area contributed by atoms with Crippen LogP contribution in [0.25, 0.3) is 0 Å². The Labute approximate surface area is 83.7 Å². The van der Waals surface area contributed by atoms with Crippen LogP contribution >= 0.6 is 0 Å². The lowest BCUT2D eigenvalue weighted by Gasteiger charge is -2.13. The Kier molecular flexibility index (Phi) is 3.98. The molecule has 0 atom stereocenters. The summed E-state index contributed by atoms with van der Waals surface area (Å²) in [6, 6.07) is 0. The monoisotopic (exact) mass is 194 g/mol. The first-order chi connectivity index (χ1) is 6.08. The highest BCUT2D eigenvalue weighted by molar-refractivity contribution is 6.80. The smallest absolute Gasteiger partial charge is 0.0687 e. The molecule has 1 saturated carbocycles. The predicted octanol–water partition coefficient (Wildman–Crippen LogP) is 4.31. The first-order valence-corrected chi connectivity index (χ1v) is 9.03. The fraction of sp³-hybridized carbons (Fsp3) is 0.667. The molecule has 0 radical (unpaired) electrons. The molecule has 0 aromatic rings. The van der Waals surface area contributed by atoms with E-state index >= 15 is 0 Å². The van der Waals surface area contributed by atoms with Crippen LogP contribution in [0, 0.1) is 0 Å². The SMILES string of the molecule is C[Si](C)(C)C=CC=C1CCCCC1. The van der Waals surface area contributed by atoms with Gasteiger partial charge in [-0.15, -0.1) is 0 Å². The van der Waals surface area contributed by atoms with Gasteiger partial charge in [-0.2, -0.15) is 0 Å². The van der Waals surface area contributed by atoms with Gasteiger partial charge in [-0.3, -0.25) is 0 Å². The summed E-state index contributed by atoms with van der Waals surface area (Å²) >= 11 is 0. The van der Waals surface area contributed by atoms with Gasteiger partial charge >= 0.3 is 0 Å². The predicted molar refractivity (Wildman–Crippen MR) is 63.7 cm³/mol. The Bertz CT molecular complexity index is 198. The van der Waals surface area contributed by atoms with Gasteiger partial charge in [0.2, 0.25) is 0 Å². The zero-order chi connectivity index (χ0) is 9.73. The van der Waals surface area contributed by atoms with E-state index in [0.29, 0.717) is 0 Å². The molecule has 0 aromatic carbocycles. The van der Waals surface area contributed by atoms with E-state index in [1.165, 1.54) is 32.1 Å². The maximum Gasteiger partial charge on any atom is 0.0687 e. The standard InChI is InChI=1S/C12H22Si/c1-13(2,3)11-7-10-12-8-5-4-6-9-12/h7,10-11H,4-6,8-9H2,1-3H3. The van der Waals surface area contributed by atoms with E-state index in [1.807, 2.05) is 0 Å². The summed E-state index contributed by atoms with van der Waals surface area (Å²) in [4.78, 5) is 0. The molecule has 0 saturated heterocycles. The van der Waals surface area contributed by atoms with Crippen molar-refractivity contribution in [2.24, 2.45) is 0 Å². The normalized spacial score (nSPS) is 19.5. The molecule has 0 unspecified atom stereocenters. The highest BCUT2D eigenvalue weighted by Crippen LogP contribution is 2.22. The van der Waals surface area contributed by atoms with Crippen LogP contribution in [0.4, 0.5) is 0 Å². The van der Waals surface area contributed by atoms with Crippen molar-refractivity contribution >= 4 is 8.07 Å². The molecule has 0 heterocycles. The quantitative estimate of drug-likeness (QED) is 0.575. The molecule has 0 aliphatic heterocycles. The van der Waals surface area contributed by atoms with Gasteiger partial charge in [-0.05, 0) is 25.7 Å². The van der Waals surface area contributed by atoms with E-state index in [2.05, 4.69) is 37.5 Å². The molecule has 1 aliphatic rings. The second-order valence-corrected chi connectivity index (χ2v) is 10.2. The molecule has 1 rings (SSSR count). The van der Waals surface area contributed by atoms with Crippen LogP contribution in [-0.2, 0) is 0 Å². The van der Waals surface area contributed by atoms with Crippen LogP contribution in [0.15, 0.2) is 23.4 Å². The van der Waals surface area contributed by atoms with E-state index in [1.54, 1.807) is 5.57 Å². The van der Waals surface area contributed by atoms with Crippen molar-refractivity contribution in [3.05, 3.63) is 23.4 Å². The highest BCUT2D eigenvalue weighted by Gasteiger charge is 2.06. The second kappa shape index (κ2) is 4.80. The Hall–Kier alpha value is -0.303. The van der Waals surface area contributed by atoms with Gasteiger partial charge in [0.25, 0.3) is 0 Å². The van der Waals surface area contributed by atoms with Gasteiger partial charge in [0.05, 0.1) is 8.07 Å². The summed E-state index contributed by atoms with van der Waals surface area (Å²) < 4.78 is 0. The summed E-state index contributed by atoms with van der Waals surface area (Å²) in [7, 11) is -0.967. The van der Waals surface area contributed by atoms with E-state index in [4.69, 9.17) is 0 Å². The van der Waals surface area contributed by atoms with Gasteiger partial charge in [-0.1, -0.05) is 49.5 Å². The van der Waals surface area contributed by atoms with Crippen LogP contribution < -0.4 is 0 Å². The molecule has 1 heteroatoms. The fourth-order valence-corrected chi connectivity index (χ4v) is 2.32. The molecule has 1 fully saturated rings. The second-order valence-electron chi connectivity index (χ2n) is 5.11. The third kappa shape index (κ3) is 5.09. The minimum atomic E-state index is -0.967. The molecular formula is C12H22Si. The van der Waals surface area contributed by atoms with Gasteiger partial charge < -0.3 is 0 Å². The molecule has 0 nitrogen and oxygen atoms in total. The van der Waals surface area contributed by atoms with Gasteiger partial charge in [0.15, 0.2) is 0 Å². The molecule has 13 heavy (non-hydrogen) atoms. The zero-order valence-electron chi connectivity index (χ0n) is 9.27. The van der Waals surface area contributed by atoms with Crippen molar-refractivity contribution in [1.82, 2.24) is 0 Å². The Morgan fingerprint density at radius 3 is 2.15 bits per heavy atom. The Morgan fingerprint density at radius 2 is 1.62 bits per heavy atom. The Balaban J connectivity index is 2.42. The maximum atomic E-state index is 2.43. The summed E-state index contributed by atoms with van der Waals surface area (Å²) in [6.07, 6.45) is 11.6. The summed E-state index contributed by atoms with van der Waals surface area (Å²) in [5.41, 5.74) is 4.09. The zero-order valence-corrected chi connectivity index (χ0v) is 10.3. The largest absolute Gasteiger partial charge is 0.0950 e. The van der Waals surface area contributed by atoms with Crippen LogP contribution in [0.5, 0.6) is 0 Å². The van der Waals surface area contributed by atoms with Crippen LogP contribution in [0.3, 0.4) is 0 Å². The van der Waals surface area contributed by atoms with Crippen LogP contribution in [0.2, 0.25) is 19.6 Å². The molecule has 0 aromatic heterocycles. The molecule has 0 N–H and O–H groups in total. The molecule has 0 amide bonds. The molecule has 1 aliphatic carbocycles. The fourth-order valence-electron chi connectivity index (χ4n) is 1.65. The molecule has 74 valence electrons. The lowest BCUT2D eigenvalue weighted by Crippen LogP contribution is -2.15. The van der Waals surface area contributed by atoms with Crippen LogP contribution in [0.1, 0.15) is 32.1 Å². The average molecular weight is 194 g/mol. The van der Waals surface area contributed by atoms with Gasteiger partial charge in [0, 0.05) is 0 Å². The van der Waals surface area contributed by atoms with Crippen molar-refractivity contribution in [3.63, 3.8) is 0 Å². The maximum absolute atomic E-state index is 2.43. The van der Waals surface area contributed by atoms with Crippen molar-refractivity contribution in [3.8, 4) is 0 Å². The molecule has 0 spiro atoms. The van der Waals surface area contributed by atoms with Crippen molar-refractivity contribution < 1.29 is 0 Å². The van der Waals surface area contributed by atoms with Gasteiger partial charge in [0.1, 0.15) is 0 Å². The van der Waals surface area contributed by atoms with E-state index in [-0.39, 0.29) is 0 Å².